The molecular weight excluding hydrogens is 283 g/mol. The van der Waals surface area contributed by atoms with Crippen LogP contribution in [0, 0.1) is 3.57 Å². The minimum atomic E-state index is 0.388. The number of hydrogen-bond acceptors (Lipinski definition) is 5. The molecule has 0 saturated carbocycles. The van der Waals surface area contributed by atoms with E-state index in [1.54, 1.807) is 12.4 Å². The molecule has 0 unspecified atom stereocenters. The molecule has 2 aromatic heterocycles. The molecule has 13 heavy (non-hydrogen) atoms. The van der Waals surface area contributed by atoms with E-state index in [1.165, 1.54) is 6.33 Å². The molecule has 66 valence electrons. The number of nitrogens with zero attached hydrogens (tertiary/aromatic N) is 3. The lowest BCUT2D eigenvalue weighted by atomic mass is 10.3. The lowest BCUT2D eigenvalue weighted by Gasteiger charge is -1.92. The van der Waals surface area contributed by atoms with E-state index >= 15 is 0 Å². The van der Waals surface area contributed by atoms with Crippen molar-refractivity contribution in [3.8, 4) is 11.3 Å². The van der Waals surface area contributed by atoms with Gasteiger partial charge in [0.25, 0.3) is 0 Å². The van der Waals surface area contributed by atoms with Crippen molar-refractivity contribution >= 4 is 28.4 Å². The van der Waals surface area contributed by atoms with Crippen LogP contribution in [0.15, 0.2) is 23.2 Å². The number of halogens is 1. The van der Waals surface area contributed by atoms with Gasteiger partial charge in [-0.2, -0.15) is 0 Å². The van der Waals surface area contributed by atoms with Crippen molar-refractivity contribution in [1.29, 1.82) is 0 Å². The summed E-state index contributed by atoms with van der Waals surface area (Å²) in [5, 5.41) is 3.63. The van der Waals surface area contributed by atoms with Gasteiger partial charge in [0.2, 0.25) is 0 Å². The van der Waals surface area contributed by atoms with E-state index in [-0.39, 0.29) is 0 Å². The summed E-state index contributed by atoms with van der Waals surface area (Å²) in [5.41, 5.74) is 6.30. The first-order chi connectivity index (χ1) is 6.29. The molecule has 2 rings (SSSR count). The van der Waals surface area contributed by atoms with Crippen LogP contribution in [0.2, 0.25) is 0 Å². The Balaban J connectivity index is 2.53. The number of hydrogen-bond donors (Lipinski definition) is 1. The molecule has 5 nitrogen and oxygen atoms in total. The van der Waals surface area contributed by atoms with E-state index in [2.05, 4.69) is 37.7 Å². The van der Waals surface area contributed by atoms with Gasteiger partial charge in [0.1, 0.15) is 9.90 Å². The number of nitrogen functional groups attached to an aromatic ring is 1. The highest BCUT2D eigenvalue weighted by molar-refractivity contribution is 14.1. The first kappa shape index (κ1) is 8.42. The molecule has 0 saturated heterocycles. The molecule has 0 fully saturated rings. The molecule has 0 aliphatic heterocycles. The third-order valence-electron chi connectivity index (χ3n) is 1.48. The molecule has 2 N–H and O–H groups in total. The Kier molecular flexibility index (Phi) is 2.13. The molecule has 0 radical (unpaired) electrons. The predicted molar refractivity (Wildman–Crippen MR) is 54.7 cm³/mol. The van der Waals surface area contributed by atoms with Crippen LogP contribution >= 0.6 is 22.6 Å². The van der Waals surface area contributed by atoms with E-state index < -0.39 is 0 Å². The van der Waals surface area contributed by atoms with Crippen LogP contribution in [-0.4, -0.2) is 15.1 Å². The molecule has 0 bridgehead atoms. The minimum Gasteiger partial charge on any atom is -0.380 e. The summed E-state index contributed by atoms with van der Waals surface area (Å²) in [6.45, 7) is 0. The number of nitrogens with two attached hydrogens (primary N) is 1. The Labute approximate surface area is 87.5 Å². The highest BCUT2D eigenvalue weighted by Gasteiger charge is 2.12. The lowest BCUT2D eigenvalue weighted by molar-refractivity contribution is 0.435. The highest BCUT2D eigenvalue weighted by Crippen LogP contribution is 2.27. The van der Waals surface area contributed by atoms with Gasteiger partial charge < -0.3 is 10.3 Å². The molecule has 0 spiro atoms. The summed E-state index contributed by atoms with van der Waals surface area (Å²) in [6, 6.07) is 0. The summed E-state index contributed by atoms with van der Waals surface area (Å²) in [5.74, 6) is 0.998. The maximum atomic E-state index is 5.52. The topological polar surface area (TPSA) is 77.8 Å². The fourth-order valence-corrected chi connectivity index (χ4v) is 1.40. The van der Waals surface area contributed by atoms with Crippen LogP contribution in [0.5, 0.6) is 0 Å². The normalized spacial score (nSPS) is 10.2. The molecular formula is C7H5IN4O. The Bertz CT molecular complexity index is 414. The van der Waals surface area contributed by atoms with Crippen LogP contribution < -0.4 is 5.73 Å². The van der Waals surface area contributed by atoms with E-state index in [9.17, 15) is 0 Å². The van der Waals surface area contributed by atoms with Crippen molar-refractivity contribution in [3.63, 3.8) is 0 Å². The van der Waals surface area contributed by atoms with E-state index in [4.69, 9.17) is 10.3 Å². The maximum Gasteiger partial charge on any atom is 0.185 e. The zero-order valence-electron chi connectivity index (χ0n) is 6.44. The van der Waals surface area contributed by atoms with Crippen molar-refractivity contribution in [2.24, 2.45) is 0 Å². The van der Waals surface area contributed by atoms with E-state index in [1.807, 2.05) is 0 Å². The fraction of sp³-hybridized carbons (Fsp3) is 0. The molecule has 2 aromatic rings. The molecule has 0 amide bonds. The van der Waals surface area contributed by atoms with Gasteiger partial charge in [-0.1, -0.05) is 5.16 Å². The third kappa shape index (κ3) is 1.48. The fourth-order valence-electron chi connectivity index (χ4n) is 0.887. The van der Waals surface area contributed by atoms with Gasteiger partial charge >= 0.3 is 0 Å². The standard InChI is InChI=1S/C7H5IN4O/c8-5-6(13-12-7(5)9)4-1-10-3-11-2-4/h1-3H,(H2,9,12). The second-order valence-electron chi connectivity index (χ2n) is 2.34. The van der Waals surface area contributed by atoms with Crippen molar-refractivity contribution in [2.75, 3.05) is 5.73 Å². The van der Waals surface area contributed by atoms with E-state index in [0.29, 0.717) is 11.6 Å². The lowest BCUT2D eigenvalue weighted by Crippen LogP contribution is -1.86. The second kappa shape index (κ2) is 3.29. The monoisotopic (exact) mass is 288 g/mol. The Morgan fingerprint density at radius 1 is 1.31 bits per heavy atom. The zero-order chi connectivity index (χ0) is 9.26. The van der Waals surface area contributed by atoms with Gasteiger partial charge in [-0.15, -0.1) is 0 Å². The SMILES string of the molecule is Nc1noc(-c2cncnc2)c1I. The smallest absolute Gasteiger partial charge is 0.185 e. The number of anilines is 1. The summed E-state index contributed by atoms with van der Waals surface area (Å²) in [6.07, 6.45) is 4.75. The average Bonchev–Trinajstić information content (AvgIpc) is 2.49. The summed E-state index contributed by atoms with van der Waals surface area (Å²) >= 11 is 2.07. The Hall–Kier alpha value is -1.18. The van der Waals surface area contributed by atoms with Crippen LogP contribution in [0.4, 0.5) is 5.82 Å². The molecule has 6 heteroatoms. The van der Waals surface area contributed by atoms with Crippen molar-refractivity contribution < 1.29 is 4.52 Å². The summed E-state index contributed by atoms with van der Waals surface area (Å²) < 4.78 is 5.80. The number of aromatic nitrogens is 3. The summed E-state index contributed by atoms with van der Waals surface area (Å²) in [7, 11) is 0. The van der Waals surface area contributed by atoms with Gasteiger partial charge in [-0.25, -0.2) is 9.97 Å². The maximum absolute atomic E-state index is 5.52. The quantitative estimate of drug-likeness (QED) is 0.801. The highest BCUT2D eigenvalue weighted by atomic mass is 127. The largest absolute Gasteiger partial charge is 0.380 e. The Morgan fingerprint density at radius 3 is 2.54 bits per heavy atom. The van der Waals surface area contributed by atoms with Crippen molar-refractivity contribution in [1.82, 2.24) is 15.1 Å². The molecule has 0 atom stereocenters. The molecule has 0 aliphatic rings. The van der Waals surface area contributed by atoms with Crippen LogP contribution in [0.25, 0.3) is 11.3 Å². The predicted octanol–water partition coefficient (Wildman–Crippen LogP) is 1.32. The second-order valence-corrected chi connectivity index (χ2v) is 3.42. The molecule has 2 heterocycles. The average molecular weight is 288 g/mol. The van der Waals surface area contributed by atoms with Crippen LogP contribution in [0.3, 0.4) is 0 Å². The zero-order valence-corrected chi connectivity index (χ0v) is 8.59. The summed E-state index contributed by atoms with van der Waals surface area (Å²) in [4.78, 5) is 7.74. The first-order valence-electron chi connectivity index (χ1n) is 3.45. The van der Waals surface area contributed by atoms with Crippen molar-refractivity contribution in [2.45, 2.75) is 0 Å². The van der Waals surface area contributed by atoms with Gasteiger partial charge in [-0.05, 0) is 22.6 Å². The molecule has 0 aliphatic carbocycles. The third-order valence-corrected chi connectivity index (χ3v) is 2.52. The van der Waals surface area contributed by atoms with Crippen LogP contribution in [-0.2, 0) is 0 Å². The van der Waals surface area contributed by atoms with Gasteiger partial charge in [-0.3, -0.25) is 0 Å². The van der Waals surface area contributed by atoms with Gasteiger partial charge in [0.15, 0.2) is 11.6 Å². The van der Waals surface area contributed by atoms with Crippen LogP contribution in [0.1, 0.15) is 0 Å². The minimum absolute atomic E-state index is 0.388. The molecule has 0 aromatic carbocycles. The van der Waals surface area contributed by atoms with E-state index in [0.717, 1.165) is 9.13 Å². The van der Waals surface area contributed by atoms with Gasteiger partial charge in [0, 0.05) is 12.4 Å². The van der Waals surface area contributed by atoms with Gasteiger partial charge in [0.05, 0.1) is 5.56 Å². The Morgan fingerprint density at radius 2 is 2.00 bits per heavy atom. The number of rotatable bonds is 1. The first-order valence-corrected chi connectivity index (χ1v) is 4.53. The van der Waals surface area contributed by atoms with Crippen molar-refractivity contribution in [3.05, 3.63) is 22.3 Å².